The van der Waals surface area contributed by atoms with E-state index in [9.17, 15) is 13.2 Å². The van der Waals surface area contributed by atoms with E-state index in [4.69, 9.17) is 9.47 Å². The van der Waals surface area contributed by atoms with Gasteiger partial charge in [0.15, 0.2) is 0 Å². The predicted octanol–water partition coefficient (Wildman–Crippen LogP) is 6.15. The van der Waals surface area contributed by atoms with Crippen LogP contribution in [0.1, 0.15) is 57.9 Å². The van der Waals surface area contributed by atoms with Crippen molar-refractivity contribution in [1.82, 2.24) is 9.97 Å². The van der Waals surface area contributed by atoms with Crippen LogP contribution in [0.25, 0.3) is 0 Å². The fraction of sp³-hybridized carbons (Fsp3) is 0.545. The first-order valence-corrected chi connectivity index (χ1v) is 10.5. The van der Waals surface area contributed by atoms with E-state index in [2.05, 4.69) is 9.97 Å². The van der Waals surface area contributed by atoms with Gasteiger partial charge in [0.1, 0.15) is 17.4 Å². The number of anilines is 2. The summed E-state index contributed by atoms with van der Waals surface area (Å²) in [6, 6.07) is 7.35. The van der Waals surface area contributed by atoms with Gasteiger partial charge in [-0.05, 0) is 63.3 Å². The molecule has 0 spiro atoms. The van der Waals surface area contributed by atoms with Crippen molar-refractivity contribution in [3.63, 3.8) is 0 Å². The van der Waals surface area contributed by atoms with Crippen LogP contribution in [0.3, 0.4) is 0 Å². The van der Waals surface area contributed by atoms with E-state index in [-0.39, 0.29) is 17.9 Å². The molecule has 0 amide bonds. The van der Waals surface area contributed by atoms with Crippen LogP contribution in [-0.4, -0.2) is 29.2 Å². The molecule has 5 nitrogen and oxygen atoms in total. The molecular weight excluding hydrogens is 395 g/mol. The van der Waals surface area contributed by atoms with Gasteiger partial charge in [-0.25, -0.2) is 4.98 Å². The van der Waals surface area contributed by atoms with E-state index in [0.717, 1.165) is 56.2 Å². The number of hydrogen-bond acceptors (Lipinski definition) is 5. The lowest BCUT2D eigenvalue weighted by molar-refractivity contribution is -0.140. The second-order valence-corrected chi connectivity index (χ2v) is 7.35. The maximum absolute atomic E-state index is 13.5. The fourth-order valence-corrected chi connectivity index (χ4v) is 3.49. The number of alkyl halides is 3. The molecule has 0 aliphatic heterocycles. The Bertz CT molecular complexity index is 806. The lowest BCUT2D eigenvalue weighted by atomic mass is 9.98. The number of aromatic nitrogens is 2. The van der Waals surface area contributed by atoms with Gasteiger partial charge in [-0.3, -0.25) is 0 Å². The van der Waals surface area contributed by atoms with Gasteiger partial charge >= 0.3 is 6.18 Å². The van der Waals surface area contributed by atoms with Gasteiger partial charge in [0.2, 0.25) is 11.8 Å². The minimum atomic E-state index is -4.57. The zero-order chi connectivity index (χ0) is 21.6. The van der Waals surface area contributed by atoms with Crippen molar-refractivity contribution < 1.29 is 22.6 Å². The fourth-order valence-electron chi connectivity index (χ4n) is 3.49. The molecule has 8 heteroatoms. The first-order chi connectivity index (χ1) is 14.4. The van der Waals surface area contributed by atoms with E-state index in [1.165, 1.54) is 0 Å². The standard InChI is InChI=1S/C22H28F3N3O2/c1-3-14-29-17-12-10-16(11-13-17)28(4-2)21-26-15-19(22(23,24)25)20(27-21)30-18-8-6-5-7-9-18/h10-13,15,18H,3-9,14H2,1-2H3. The van der Waals surface area contributed by atoms with Gasteiger partial charge in [-0.2, -0.15) is 18.2 Å². The van der Waals surface area contributed by atoms with Gasteiger partial charge in [0.25, 0.3) is 0 Å². The maximum atomic E-state index is 13.5. The summed E-state index contributed by atoms with van der Waals surface area (Å²) in [4.78, 5) is 9.94. The molecule has 30 heavy (non-hydrogen) atoms. The van der Waals surface area contributed by atoms with Crippen molar-refractivity contribution in [1.29, 1.82) is 0 Å². The van der Waals surface area contributed by atoms with Crippen LogP contribution in [0.2, 0.25) is 0 Å². The smallest absolute Gasteiger partial charge is 0.423 e. The quantitative estimate of drug-likeness (QED) is 0.509. The number of rotatable bonds is 8. The SMILES string of the molecule is CCCOc1ccc(N(CC)c2ncc(C(F)(F)F)c(OC3CCCCC3)n2)cc1. The van der Waals surface area contributed by atoms with Crippen molar-refractivity contribution >= 4 is 11.6 Å². The van der Waals surface area contributed by atoms with E-state index >= 15 is 0 Å². The highest BCUT2D eigenvalue weighted by molar-refractivity contribution is 5.58. The Balaban J connectivity index is 1.88. The molecule has 0 unspecified atom stereocenters. The summed E-state index contributed by atoms with van der Waals surface area (Å²) < 4.78 is 51.8. The summed E-state index contributed by atoms with van der Waals surface area (Å²) in [7, 11) is 0. The minimum absolute atomic E-state index is 0.179. The highest BCUT2D eigenvalue weighted by Gasteiger charge is 2.37. The molecular formula is C22H28F3N3O2. The summed E-state index contributed by atoms with van der Waals surface area (Å²) >= 11 is 0. The summed E-state index contributed by atoms with van der Waals surface area (Å²) in [5.41, 5.74) is -0.166. The summed E-state index contributed by atoms with van der Waals surface area (Å²) in [6.45, 7) is 5.04. The highest BCUT2D eigenvalue weighted by Crippen LogP contribution is 2.37. The molecule has 1 aromatic carbocycles. The van der Waals surface area contributed by atoms with Crippen molar-refractivity contribution in [3.8, 4) is 11.6 Å². The van der Waals surface area contributed by atoms with Crippen LogP contribution in [0.15, 0.2) is 30.5 Å². The monoisotopic (exact) mass is 423 g/mol. The van der Waals surface area contributed by atoms with Gasteiger partial charge in [-0.1, -0.05) is 13.3 Å². The molecule has 1 fully saturated rings. The second-order valence-electron chi connectivity index (χ2n) is 7.35. The maximum Gasteiger partial charge on any atom is 0.423 e. The summed E-state index contributed by atoms with van der Waals surface area (Å²) in [5.74, 6) is 0.533. The molecule has 0 radical (unpaired) electrons. The summed E-state index contributed by atoms with van der Waals surface area (Å²) in [6.07, 6.45) is 1.40. The Morgan fingerprint density at radius 1 is 1.07 bits per heavy atom. The Morgan fingerprint density at radius 3 is 2.37 bits per heavy atom. The molecule has 1 aliphatic carbocycles. The third kappa shape index (κ3) is 5.55. The van der Waals surface area contributed by atoms with E-state index in [1.54, 1.807) is 4.90 Å². The van der Waals surface area contributed by atoms with Crippen molar-refractivity contribution in [2.45, 2.75) is 64.7 Å². The van der Waals surface area contributed by atoms with Gasteiger partial charge in [0.05, 0.1) is 6.61 Å². The van der Waals surface area contributed by atoms with Crippen molar-refractivity contribution in [3.05, 3.63) is 36.0 Å². The molecule has 1 aromatic heterocycles. The molecule has 3 rings (SSSR count). The van der Waals surface area contributed by atoms with Crippen LogP contribution in [0, 0.1) is 0 Å². The number of benzene rings is 1. The molecule has 1 heterocycles. The molecule has 1 saturated carbocycles. The van der Waals surface area contributed by atoms with Gasteiger partial charge in [-0.15, -0.1) is 0 Å². The number of halogens is 3. The van der Waals surface area contributed by atoms with Crippen LogP contribution >= 0.6 is 0 Å². The van der Waals surface area contributed by atoms with Gasteiger partial charge < -0.3 is 14.4 Å². The normalized spacial score (nSPS) is 15.1. The van der Waals surface area contributed by atoms with E-state index < -0.39 is 11.7 Å². The zero-order valence-electron chi connectivity index (χ0n) is 17.4. The predicted molar refractivity (Wildman–Crippen MR) is 109 cm³/mol. The summed E-state index contributed by atoms with van der Waals surface area (Å²) in [5, 5.41) is 0. The Hall–Kier alpha value is -2.51. The first-order valence-electron chi connectivity index (χ1n) is 10.5. The Kier molecular flexibility index (Phi) is 7.39. The first kappa shape index (κ1) is 22.2. The van der Waals surface area contributed by atoms with Gasteiger partial charge in [0, 0.05) is 18.4 Å². The lowest BCUT2D eigenvalue weighted by Crippen LogP contribution is -2.24. The topological polar surface area (TPSA) is 47.5 Å². The Morgan fingerprint density at radius 2 is 1.77 bits per heavy atom. The van der Waals surface area contributed by atoms with Crippen LogP contribution in [0.4, 0.5) is 24.8 Å². The third-order valence-electron chi connectivity index (χ3n) is 5.06. The molecule has 1 aliphatic rings. The number of nitrogens with zero attached hydrogens (tertiary/aromatic N) is 3. The number of ether oxygens (including phenoxy) is 2. The Labute approximate surface area is 175 Å². The van der Waals surface area contributed by atoms with Crippen LogP contribution < -0.4 is 14.4 Å². The average molecular weight is 423 g/mol. The molecule has 164 valence electrons. The molecule has 0 saturated heterocycles. The number of hydrogen-bond donors (Lipinski definition) is 0. The van der Waals surface area contributed by atoms with E-state index in [0.29, 0.717) is 13.2 Å². The average Bonchev–Trinajstić information content (AvgIpc) is 2.74. The lowest BCUT2D eigenvalue weighted by Gasteiger charge is -2.26. The highest BCUT2D eigenvalue weighted by atomic mass is 19.4. The second kappa shape index (κ2) is 10.00. The van der Waals surface area contributed by atoms with Crippen molar-refractivity contribution in [2.75, 3.05) is 18.1 Å². The van der Waals surface area contributed by atoms with Crippen molar-refractivity contribution in [2.24, 2.45) is 0 Å². The molecule has 0 bridgehead atoms. The molecule has 2 aromatic rings. The molecule has 0 N–H and O–H groups in total. The van der Waals surface area contributed by atoms with Crippen LogP contribution in [-0.2, 0) is 6.18 Å². The third-order valence-corrected chi connectivity index (χ3v) is 5.06. The molecule has 0 atom stereocenters. The van der Waals surface area contributed by atoms with E-state index in [1.807, 2.05) is 38.1 Å². The largest absolute Gasteiger partial charge is 0.494 e. The van der Waals surface area contributed by atoms with Crippen LogP contribution in [0.5, 0.6) is 11.6 Å². The minimum Gasteiger partial charge on any atom is -0.494 e. The zero-order valence-corrected chi connectivity index (χ0v) is 17.4.